The zero-order valence-corrected chi connectivity index (χ0v) is 18.2. The van der Waals surface area contributed by atoms with E-state index in [1.807, 2.05) is 6.92 Å². The number of carbonyl (C=O) groups excluding carboxylic acids is 3. The van der Waals surface area contributed by atoms with E-state index in [0.29, 0.717) is 42.6 Å². The van der Waals surface area contributed by atoms with E-state index < -0.39 is 14.8 Å². The van der Waals surface area contributed by atoms with Crippen molar-refractivity contribution in [3.8, 4) is 0 Å². The number of unbranched alkanes of at least 4 members (excludes halogenated alkanes) is 1. The predicted octanol–water partition coefficient (Wildman–Crippen LogP) is 2.52. The molecule has 1 aromatic carbocycles. The maximum Gasteiger partial charge on any atom is 0.261 e. The Hall–Kier alpha value is -2.26. The average molecular weight is 424 g/mol. The van der Waals surface area contributed by atoms with Gasteiger partial charge in [-0.2, -0.15) is 0 Å². The van der Waals surface area contributed by atoms with Crippen LogP contribution in [0.2, 0.25) is 0 Å². The number of anilines is 1. The van der Waals surface area contributed by atoms with Crippen LogP contribution in [0.5, 0.6) is 0 Å². The summed E-state index contributed by atoms with van der Waals surface area (Å²) in [6.45, 7) is 7.41. The third-order valence-electron chi connectivity index (χ3n) is 4.63. The van der Waals surface area contributed by atoms with Crippen molar-refractivity contribution < 1.29 is 22.8 Å². The van der Waals surface area contributed by atoms with Crippen LogP contribution in [0.25, 0.3) is 0 Å². The summed E-state index contributed by atoms with van der Waals surface area (Å²) in [5.41, 5.74) is 1.12. The molecule has 0 atom stereocenters. The molecule has 1 heterocycles. The Morgan fingerprint density at radius 2 is 1.72 bits per heavy atom. The highest BCUT2D eigenvalue weighted by molar-refractivity contribution is 7.90. The molecule has 8 nitrogen and oxygen atoms in total. The van der Waals surface area contributed by atoms with E-state index >= 15 is 0 Å². The molecule has 0 bridgehead atoms. The second kappa shape index (κ2) is 9.04. The van der Waals surface area contributed by atoms with Crippen LogP contribution < -0.4 is 10.0 Å². The van der Waals surface area contributed by atoms with Gasteiger partial charge in [-0.25, -0.2) is 13.1 Å². The van der Waals surface area contributed by atoms with E-state index in [0.717, 1.165) is 0 Å². The van der Waals surface area contributed by atoms with Gasteiger partial charge in [0.2, 0.25) is 15.9 Å². The minimum Gasteiger partial charge on any atom is -0.326 e. The molecule has 0 fully saturated rings. The van der Waals surface area contributed by atoms with Crippen LogP contribution in [0.15, 0.2) is 18.2 Å². The van der Waals surface area contributed by atoms with Crippen molar-refractivity contribution in [3.05, 3.63) is 29.3 Å². The van der Waals surface area contributed by atoms with Crippen LogP contribution in [0, 0.1) is 0 Å². The van der Waals surface area contributed by atoms with Gasteiger partial charge in [-0.15, -0.1) is 0 Å². The summed E-state index contributed by atoms with van der Waals surface area (Å²) in [4.78, 5) is 38.0. The van der Waals surface area contributed by atoms with Gasteiger partial charge >= 0.3 is 0 Å². The van der Waals surface area contributed by atoms with Gasteiger partial charge in [0.05, 0.1) is 15.9 Å². The highest BCUT2D eigenvalue weighted by Crippen LogP contribution is 2.26. The summed E-state index contributed by atoms with van der Waals surface area (Å²) in [5.74, 6) is -0.873. The Morgan fingerprint density at radius 1 is 1.07 bits per heavy atom. The topological polar surface area (TPSA) is 113 Å². The van der Waals surface area contributed by atoms with E-state index in [4.69, 9.17) is 0 Å². The zero-order chi connectivity index (χ0) is 21.8. The third-order valence-corrected chi connectivity index (χ3v) is 6.83. The summed E-state index contributed by atoms with van der Waals surface area (Å²) in [6, 6.07) is 4.69. The largest absolute Gasteiger partial charge is 0.326 e. The minimum absolute atomic E-state index is 0.225. The molecule has 0 saturated heterocycles. The van der Waals surface area contributed by atoms with Gasteiger partial charge in [0.1, 0.15) is 0 Å². The fourth-order valence-electron chi connectivity index (χ4n) is 2.85. The van der Waals surface area contributed by atoms with E-state index in [-0.39, 0.29) is 30.7 Å². The predicted molar refractivity (Wildman–Crippen MR) is 111 cm³/mol. The quantitative estimate of drug-likeness (QED) is 0.468. The summed E-state index contributed by atoms with van der Waals surface area (Å²) < 4.78 is 25.6. The van der Waals surface area contributed by atoms with Crippen LogP contribution >= 0.6 is 0 Å². The van der Waals surface area contributed by atoms with Gasteiger partial charge in [-0.3, -0.25) is 19.3 Å². The van der Waals surface area contributed by atoms with Crippen LogP contribution in [0.1, 0.15) is 74.1 Å². The monoisotopic (exact) mass is 423 g/mol. The number of nitrogens with zero attached hydrogens (tertiary/aromatic N) is 1. The smallest absolute Gasteiger partial charge is 0.261 e. The molecule has 0 unspecified atom stereocenters. The van der Waals surface area contributed by atoms with Crippen LogP contribution in [0.4, 0.5) is 5.69 Å². The number of hydrogen-bond donors (Lipinski definition) is 2. The highest BCUT2D eigenvalue weighted by atomic mass is 32.2. The SMILES string of the molecule is CCCN1C(=O)c2ccc(NC(=O)CCCCNS(=O)(=O)C(C)(C)C)cc2C1=O. The molecule has 9 heteroatoms. The molecule has 1 aliphatic heterocycles. The molecule has 0 aliphatic carbocycles. The lowest BCUT2D eigenvalue weighted by Gasteiger charge is -2.19. The normalized spacial score (nSPS) is 14.3. The van der Waals surface area contributed by atoms with Gasteiger partial charge in [-0.05, 0) is 58.2 Å². The van der Waals surface area contributed by atoms with Crippen LogP contribution in [-0.2, 0) is 14.8 Å². The third kappa shape index (κ3) is 5.42. The first-order valence-electron chi connectivity index (χ1n) is 9.77. The standard InChI is InChI=1S/C20H29N3O5S/c1-5-12-23-18(25)15-10-9-14(13-16(15)19(23)26)22-17(24)8-6-7-11-21-29(27,28)20(2,3)4/h9-10,13,21H,5-8,11-12H2,1-4H3,(H,22,24). The second-order valence-corrected chi connectivity index (χ2v) is 10.6. The van der Waals surface area contributed by atoms with Gasteiger partial charge < -0.3 is 5.32 Å². The molecule has 0 radical (unpaired) electrons. The van der Waals surface area contributed by atoms with E-state index in [1.54, 1.807) is 32.9 Å². The molecule has 1 aliphatic rings. The fourth-order valence-corrected chi connectivity index (χ4v) is 3.70. The highest BCUT2D eigenvalue weighted by Gasteiger charge is 2.35. The first-order valence-corrected chi connectivity index (χ1v) is 11.3. The molecule has 2 rings (SSSR count). The Bertz CT molecular complexity index is 903. The van der Waals surface area contributed by atoms with Crippen molar-refractivity contribution in [1.29, 1.82) is 0 Å². The second-order valence-electron chi connectivity index (χ2n) is 8.04. The summed E-state index contributed by atoms with van der Waals surface area (Å²) in [5, 5.41) is 2.73. The van der Waals surface area contributed by atoms with Gasteiger partial charge in [0.15, 0.2) is 0 Å². The van der Waals surface area contributed by atoms with E-state index in [2.05, 4.69) is 10.0 Å². The number of hydrogen-bond acceptors (Lipinski definition) is 5. The summed E-state index contributed by atoms with van der Waals surface area (Å²) >= 11 is 0. The summed E-state index contributed by atoms with van der Waals surface area (Å²) in [6.07, 6.45) is 1.96. The number of amides is 3. The lowest BCUT2D eigenvalue weighted by Crippen LogP contribution is -2.39. The van der Waals surface area contributed by atoms with Crippen molar-refractivity contribution in [2.24, 2.45) is 0 Å². The van der Waals surface area contributed by atoms with Crippen LogP contribution in [0.3, 0.4) is 0 Å². The number of carbonyl (C=O) groups is 3. The van der Waals surface area contributed by atoms with Crippen molar-refractivity contribution in [3.63, 3.8) is 0 Å². The molecule has 160 valence electrons. The van der Waals surface area contributed by atoms with E-state index in [1.165, 1.54) is 11.0 Å². The van der Waals surface area contributed by atoms with Crippen molar-refractivity contribution in [2.75, 3.05) is 18.4 Å². The molecule has 0 spiro atoms. The van der Waals surface area contributed by atoms with Crippen molar-refractivity contribution in [2.45, 2.75) is 58.1 Å². The first-order chi connectivity index (χ1) is 13.5. The molecular formula is C20H29N3O5S. The van der Waals surface area contributed by atoms with Gasteiger partial charge in [0.25, 0.3) is 11.8 Å². The molecule has 1 aromatic rings. The number of sulfonamides is 1. The van der Waals surface area contributed by atoms with E-state index in [9.17, 15) is 22.8 Å². The minimum atomic E-state index is -3.39. The maximum absolute atomic E-state index is 12.4. The molecular weight excluding hydrogens is 394 g/mol. The maximum atomic E-state index is 12.4. The van der Waals surface area contributed by atoms with Crippen LogP contribution in [-0.4, -0.2) is 48.9 Å². The molecule has 0 saturated carbocycles. The Balaban J connectivity index is 1.84. The molecule has 29 heavy (non-hydrogen) atoms. The molecule has 2 N–H and O–H groups in total. The number of nitrogens with one attached hydrogen (secondary N) is 2. The average Bonchev–Trinajstić information content (AvgIpc) is 2.85. The fraction of sp³-hybridized carbons (Fsp3) is 0.550. The number of benzene rings is 1. The van der Waals surface area contributed by atoms with Gasteiger partial charge in [-0.1, -0.05) is 6.92 Å². The van der Waals surface area contributed by atoms with Gasteiger partial charge in [0, 0.05) is 25.2 Å². The Morgan fingerprint density at radius 3 is 2.34 bits per heavy atom. The number of rotatable bonds is 9. The molecule has 3 amide bonds. The number of imide groups is 1. The Kier molecular flexibility index (Phi) is 7.18. The lowest BCUT2D eigenvalue weighted by atomic mass is 10.1. The van der Waals surface area contributed by atoms with Crippen molar-refractivity contribution >= 4 is 33.4 Å². The Labute approximate surface area is 172 Å². The first kappa shape index (κ1) is 23.0. The lowest BCUT2D eigenvalue weighted by molar-refractivity contribution is -0.116. The molecule has 0 aromatic heterocycles. The van der Waals surface area contributed by atoms with Crippen molar-refractivity contribution in [1.82, 2.24) is 9.62 Å². The zero-order valence-electron chi connectivity index (χ0n) is 17.4. The number of fused-ring (bicyclic) bond motifs is 1. The summed E-state index contributed by atoms with van der Waals surface area (Å²) in [7, 11) is -3.39.